The maximum Gasteiger partial charge on any atom is 0.335 e. The summed E-state index contributed by atoms with van der Waals surface area (Å²) >= 11 is 0. The van der Waals surface area contributed by atoms with Crippen molar-refractivity contribution in [3.8, 4) is 5.75 Å². The Bertz CT molecular complexity index is 704. The van der Waals surface area contributed by atoms with Gasteiger partial charge in [-0.05, 0) is 47.5 Å². The molecular formula is C17H13FN2O2. The lowest BCUT2D eigenvalue weighted by Crippen LogP contribution is -2.02. The molecule has 0 fully saturated rings. The summed E-state index contributed by atoms with van der Waals surface area (Å²) in [4.78, 5) is 11.0. The van der Waals surface area contributed by atoms with Crippen molar-refractivity contribution >= 4 is 18.4 Å². The van der Waals surface area contributed by atoms with Gasteiger partial charge in [-0.3, -0.25) is 0 Å². The molecule has 0 amide bonds. The average Bonchev–Trinajstić information content (AvgIpc) is 2.54. The maximum atomic E-state index is 12.7. The predicted octanol–water partition coefficient (Wildman–Crippen LogP) is 3.37. The van der Waals surface area contributed by atoms with E-state index in [1.807, 2.05) is 0 Å². The number of nitrogens with zero attached hydrogens (tertiary/aromatic N) is 2. The van der Waals surface area contributed by atoms with E-state index in [0.717, 1.165) is 17.2 Å². The minimum absolute atomic E-state index is 0.294. The highest BCUT2D eigenvalue weighted by molar-refractivity contribution is 5.84. The Morgan fingerprint density at radius 2 is 1.45 bits per heavy atom. The number of esters is 1. The Kier molecular flexibility index (Phi) is 5.31. The first-order chi connectivity index (χ1) is 10.7. The molecule has 0 aliphatic heterocycles. The third-order valence-corrected chi connectivity index (χ3v) is 2.62. The molecule has 0 aliphatic rings. The van der Waals surface area contributed by atoms with Crippen LogP contribution in [0.4, 0.5) is 4.39 Å². The van der Waals surface area contributed by atoms with E-state index in [9.17, 15) is 9.18 Å². The van der Waals surface area contributed by atoms with E-state index in [2.05, 4.69) is 16.8 Å². The number of ether oxygens (including phenoxy) is 1. The standard InChI is InChI=1S/C17H13FN2O2/c1-2-17(21)22-16-9-5-14(6-10-16)12-20-19-11-13-3-7-15(18)8-4-13/h2-12H,1H2. The van der Waals surface area contributed by atoms with E-state index in [1.54, 1.807) is 42.6 Å². The summed E-state index contributed by atoms with van der Waals surface area (Å²) in [7, 11) is 0. The fourth-order valence-corrected chi connectivity index (χ4v) is 1.53. The SMILES string of the molecule is C=CC(=O)Oc1ccc(C=NN=Cc2ccc(F)cc2)cc1. The molecule has 0 aromatic heterocycles. The average molecular weight is 296 g/mol. The van der Waals surface area contributed by atoms with Gasteiger partial charge in [-0.1, -0.05) is 18.7 Å². The van der Waals surface area contributed by atoms with Gasteiger partial charge < -0.3 is 4.74 Å². The molecule has 0 unspecified atom stereocenters. The van der Waals surface area contributed by atoms with Crippen molar-refractivity contribution in [2.75, 3.05) is 0 Å². The summed E-state index contributed by atoms with van der Waals surface area (Å²) in [5, 5.41) is 7.77. The van der Waals surface area contributed by atoms with Crippen molar-refractivity contribution in [2.45, 2.75) is 0 Å². The summed E-state index contributed by atoms with van der Waals surface area (Å²) in [5.41, 5.74) is 1.56. The van der Waals surface area contributed by atoms with Crippen LogP contribution in [0, 0.1) is 5.82 Å². The third kappa shape index (κ3) is 4.79. The minimum atomic E-state index is -0.509. The molecule has 0 saturated heterocycles. The summed E-state index contributed by atoms with van der Waals surface area (Å²) in [6.45, 7) is 3.32. The fraction of sp³-hybridized carbons (Fsp3) is 0. The van der Waals surface area contributed by atoms with Crippen LogP contribution in [0.3, 0.4) is 0 Å². The van der Waals surface area contributed by atoms with Gasteiger partial charge in [0.15, 0.2) is 0 Å². The lowest BCUT2D eigenvalue weighted by molar-refractivity contribution is -0.128. The van der Waals surface area contributed by atoms with Crippen LogP contribution in [0.2, 0.25) is 0 Å². The van der Waals surface area contributed by atoms with Gasteiger partial charge in [0, 0.05) is 6.08 Å². The summed E-state index contributed by atoms with van der Waals surface area (Å²) in [6, 6.07) is 12.7. The molecule has 0 atom stereocenters. The molecule has 22 heavy (non-hydrogen) atoms. The van der Waals surface area contributed by atoms with Crippen LogP contribution in [0.1, 0.15) is 11.1 Å². The zero-order valence-corrected chi connectivity index (χ0v) is 11.6. The molecule has 0 spiro atoms. The number of carbonyl (C=O) groups is 1. The molecule has 5 heteroatoms. The van der Waals surface area contributed by atoms with Crippen LogP contribution in [-0.2, 0) is 4.79 Å². The van der Waals surface area contributed by atoms with Gasteiger partial charge >= 0.3 is 5.97 Å². The molecule has 0 radical (unpaired) electrons. The number of halogens is 1. The van der Waals surface area contributed by atoms with Gasteiger partial charge in [-0.15, -0.1) is 0 Å². The molecule has 0 aliphatic carbocycles. The van der Waals surface area contributed by atoms with Crippen molar-refractivity contribution in [2.24, 2.45) is 10.2 Å². The van der Waals surface area contributed by atoms with E-state index >= 15 is 0 Å². The Morgan fingerprint density at radius 1 is 0.955 bits per heavy atom. The first-order valence-electron chi connectivity index (χ1n) is 6.43. The van der Waals surface area contributed by atoms with Crippen molar-refractivity contribution in [3.05, 3.63) is 78.1 Å². The van der Waals surface area contributed by atoms with Gasteiger partial charge in [0.1, 0.15) is 11.6 Å². The van der Waals surface area contributed by atoms with Gasteiger partial charge in [-0.2, -0.15) is 10.2 Å². The third-order valence-electron chi connectivity index (χ3n) is 2.62. The summed E-state index contributed by atoms with van der Waals surface area (Å²) in [5.74, 6) is -0.375. The number of rotatable bonds is 5. The molecule has 2 rings (SSSR count). The lowest BCUT2D eigenvalue weighted by atomic mass is 10.2. The molecule has 0 saturated carbocycles. The fourth-order valence-electron chi connectivity index (χ4n) is 1.53. The van der Waals surface area contributed by atoms with Gasteiger partial charge in [0.05, 0.1) is 12.4 Å². The van der Waals surface area contributed by atoms with Gasteiger partial charge in [0.25, 0.3) is 0 Å². The zero-order chi connectivity index (χ0) is 15.8. The molecule has 4 nitrogen and oxygen atoms in total. The van der Waals surface area contributed by atoms with Crippen molar-refractivity contribution < 1.29 is 13.9 Å². The van der Waals surface area contributed by atoms with Crippen LogP contribution in [0.5, 0.6) is 5.75 Å². The van der Waals surface area contributed by atoms with E-state index in [0.29, 0.717) is 5.75 Å². The number of hydrogen-bond acceptors (Lipinski definition) is 4. The highest BCUT2D eigenvalue weighted by atomic mass is 19.1. The monoisotopic (exact) mass is 296 g/mol. The summed E-state index contributed by atoms with van der Waals surface area (Å²) in [6.07, 6.45) is 4.18. The molecule has 0 N–H and O–H groups in total. The van der Waals surface area contributed by atoms with E-state index in [4.69, 9.17) is 4.74 Å². The second-order valence-electron chi connectivity index (χ2n) is 4.23. The highest BCUT2D eigenvalue weighted by Crippen LogP contribution is 2.11. The first kappa shape index (κ1) is 15.3. The zero-order valence-electron chi connectivity index (χ0n) is 11.6. The van der Waals surface area contributed by atoms with E-state index < -0.39 is 5.97 Å². The second-order valence-corrected chi connectivity index (χ2v) is 4.23. The van der Waals surface area contributed by atoms with Crippen molar-refractivity contribution in [3.63, 3.8) is 0 Å². The minimum Gasteiger partial charge on any atom is -0.423 e. The lowest BCUT2D eigenvalue weighted by Gasteiger charge is -2.00. The largest absolute Gasteiger partial charge is 0.423 e. The molecular weight excluding hydrogens is 283 g/mol. The Morgan fingerprint density at radius 3 is 1.95 bits per heavy atom. The topological polar surface area (TPSA) is 51.0 Å². The normalized spacial score (nSPS) is 11.0. The number of benzene rings is 2. The van der Waals surface area contributed by atoms with Crippen LogP contribution in [-0.4, -0.2) is 18.4 Å². The van der Waals surface area contributed by atoms with Gasteiger partial charge in [0.2, 0.25) is 0 Å². The molecule has 2 aromatic rings. The highest BCUT2D eigenvalue weighted by Gasteiger charge is 1.98. The quantitative estimate of drug-likeness (QED) is 0.279. The first-order valence-corrected chi connectivity index (χ1v) is 6.43. The maximum absolute atomic E-state index is 12.7. The molecule has 110 valence electrons. The van der Waals surface area contributed by atoms with Crippen LogP contribution in [0.15, 0.2) is 71.4 Å². The van der Waals surface area contributed by atoms with E-state index in [1.165, 1.54) is 18.3 Å². The van der Waals surface area contributed by atoms with E-state index in [-0.39, 0.29) is 5.82 Å². The second kappa shape index (κ2) is 7.64. The molecule has 2 aromatic carbocycles. The molecule has 0 bridgehead atoms. The molecule has 0 heterocycles. The van der Waals surface area contributed by atoms with Crippen LogP contribution >= 0.6 is 0 Å². The smallest absolute Gasteiger partial charge is 0.335 e. The Hall–Kier alpha value is -3.08. The Balaban J connectivity index is 1.94. The van der Waals surface area contributed by atoms with Gasteiger partial charge in [-0.25, -0.2) is 9.18 Å². The van der Waals surface area contributed by atoms with Crippen LogP contribution in [0.25, 0.3) is 0 Å². The predicted molar refractivity (Wildman–Crippen MR) is 83.9 cm³/mol. The number of carbonyl (C=O) groups excluding carboxylic acids is 1. The summed E-state index contributed by atoms with van der Waals surface area (Å²) < 4.78 is 17.7. The number of hydrogen-bond donors (Lipinski definition) is 0. The van der Waals surface area contributed by atoms with Crippen molar-refractivity contribution in [1.82, 2.24) is 0 Å². The van der Waals surface area contributed by atoms with Crippen molar-refractivity contribution in [1.29, 1.82) is 0 Å². The Labute approximate surface area is 127 Å². The van der Waals surface area contributed by atoms with Crippen LogP contribution < -0.4 is 4.74 Å².